The van der Waals surface area contributed by atoms with Crippen molar-refractivity contribution in [3.05, 3.63) is 35.4 Å². The number of hydrogen-bond donors (Lipinski definition) is 1. The first-order valence-corrected chi connectivity index (χ1v) is 6.47. The molecule has 1 aromatic carbocycles. The minimum atomic E-state index is 0.515. The fraction of sp³-hybridized carbons (Fsp3) is 0.600. The van der Waals surface area contributed by atoms with Crippen LogP contribution < -0.4 is 5.32 Å². The van der Waals surface area contributed by atoms with Crippen LogP contribution in [0, 0.1) is 12.8 Å². The molecule has 0 saturated carbocycles. The first-order chi connectivity index (χ1) is 7.69. The summed E-state index contributed by atoms with van der Waals surface area (Å²) in [4.78, 5) is 0. The molecule has 0 amide bonds. The van der Waals surface area contributed by atoms with Gasteiger partial charge in [-0.3, -0.25) is 0 Å². The van der Waals surface area contributed by atoms with Gasteiger partial charge < -0.3 is 5.32 Å². The van der Waals surface area contributed by atoms with Gasteiger partial charge in [0, 0.05) is 6.04 Å². The molecule has 2 atom stereocenters. The molecule has 0 fully saturated rings. The van der Waals surface area contributed by atoms with Gasteiger partial charge in [0.05, 0.1) is 0 Å². The Balaban J connectivity index is 2.80. The molecule has 90 valence electrons. The van der Waals surface area contributed by atoms with Gasteiger partial charge in [0.15, 0.2) is 0 Å². The summed E-state index contributed by atoms with van der Waals surface area (Å²) in [7, 11) is 0. The lowest BCUT2D eigenvalue weighted by Crippen LogP contribution is -2.23. The van der Waals surface area contributed by atoms with Gasteiger partial charge in [0.1, 0.15) is 0 Å². The van der Waals surface area contributed by atoms with E-state index in [0.717, 1.165) is 12.5 Å². The highest BCUT2D eigenvalue weighted by Gasteiger charge is 2.14. The van der Waals surface area contributed by atoms with Gasteiger partial charge in [-0.05, 0) is 36.9 Å². The molecule has 0 heterocycles. The third-order valence-electron chi connectivity index (χ3n) is 3.35. The van der Waals surface area contributed by atoms with Crippen molar-refractivity contribution in [1.29, 1.82) is 0 Å². The highest BCUT2D eigenvalue weighted by atomic mass is 14.9. The van der Waals surface area contributed by atoms with Gasteiger partial charge in [-0.2, -0.15) is 0 Å². The third kappa shape index (κ3) is 3.64. The number of benzene rings is 1. The third-order valence-corrected chi connectivity index (χ3v) is 3.35. The van der Waals surface area contributed by atoms with E-state index < -0.39 is 0 Å². The monoisotopic (exact) mass is 219 g/mol. The molecule has 1 heteroatoms. The van der Waals surface area contributed by atoms with Crippen molar-refractivity contribution in [2.45, 2.75) is 46.6 Å². The molecule has 0 aliphatic rings. The Morgan fingerprint density at radius 1 is 1.19 bits per heavy atom. The Labute approximate surface area is 100 Å². The summed E-state index contributed by atoms with van der Waals surface area (Å²) >= 11 is 0. The molecule has 0 aliphatic carbocycles. The zero-order valence-electron chi connectivity index (χ0n) is 11.1. The summed E-state index contributed by atoms with van der Waals surface area (Å²) in [5.41, 5.74) is 2.86. The van der Waals surface area contributed by atoms with E-state index >= 15 is 0 Å². The Morgan fingerprint density at radius 3 is 2.44 bits per heavy atom. The summed E-state index contributed by atoms with van der Waals surface area (Å²) in [5.74, 6) is 0.781. The fourth-order valence-electron chi connectivity index (χ4n) is 2.11. The molecular weight excluding hydrogens is 194 g/mol. The normalized spacial score (nSPS) is 14.8. The predicted molar refractivity (Wildman–Crippen MR) is 71.7 cm³/mol. The van der Waals surface area contributed by atoms with Crippen LogP contribution in [-0.4, -0.2) is 6.54 Å². The summed E-state index contributed by atoms with van der Waals surface area (Å²) in [5, 5.41) is 3.60. The lowest BCUT2D eigenvalue weighted by Gasteiger charge is -2.23. The predicted octanol–water partition coefficient (Wildman–Crippen LogP) is 4.08. The summed E-state index contributed by atoms with van der Waals surface area (Å²) in [6, 6.07) is 9.23. The Kier molecular flexibility index (Phi) is 5.54. The lowest BCUT2D eigenvalue weighted by atomic mass is 9.92. The molecule has 0 spiro atoms. The van der Waals surface area contributed by atoms with Gasteiger partial charge in [-0.15, -0.1) is 0 Å². The van der Waals surface area contributed by atoms with E-state index in [1.165, 1.54) is 24.0 Å². The van der Waals surface area contributed by atoms with E-state index in [0.29, 0.717) is 6.04 Å². The van der Waals surface area contributed by atoms with Gasteiger partial charge in [-0.1, -0.05) is 51.5 Å². The molecule has 0 saturated heterocycles. The maximum absolute atomic E-state index is 3.60. The molecule has 0 bridgehead atoms. The van der Waals surface area contributed by atoms with Crippen molar-refractivity contribution in [2.75, 3.05) is 6.54 Å². The average molecular weight is 219 g/mol. The van der Waals surface area contributed by atoms with Crippen molar-refractivity contribution in [3.8, 4) is 0 Å². The maximum atomic E-state index is 3.60. The number of rotatable bonds is 6. The van der Waals surface area contributed by atoms with Crippen LogP contribution in [0.2, 0.25) is 0 Å². The van der Waals surface area contributed by atoms with Gasteiger partial charge in [0.2, 0.25) is 0 Å². The lowest BCUT2D eigenvalue weighted by molar-refractivity contribution is 0.407. The van der Waals surface area contributed by atoms with E-state index in [9.17, 15) is 0 Å². The quantitative estimate of drug-likeness (QED) is 0.760. The van der Waals surface area contributed by atoms with E-state index in [-0.39, 0.29) is 0 Å². The molecule has 0 aliphatic heterocycles. The van der Waals surface area contributed by atoms with Crippen LogP contribution >= 0.6 is 0 Å². The van der Waals surface area contributed by atoms with Crippen LogP contribution in [0.25, 0.3) is 0 Å². The Bertz CT molecular complexity index is 306. The second-order valence-electron chi connectivity index (χ2n) is 4.72. The van der Waals surface area contributed by atoms with Crippen molar-refractivity contribution in [3.63, 3.8) is 0 Å². The van der Waals surface area contributed by atoms with Crippen molar-refractivity contribution in [1.82, 2.24) is 5.32 Å². The first kappa shape index (κ1) is 13.2. The van der Waals surface area contributed by atoms with Crippen molar-refractivity contribution in [2.24, 2.45) is 5.92 Å². The highest BCUT2D eigenvalue weighted by molar-refractivity contribution is 5.28. The highest BCUT2D eigenvalue weighted by Crippen LogP contribution is 2.25. The standard InChI is InChI=1S/C15H25N/c1-5-12(3)11-15(16-6-2)14-10-8-7-9-13(14)4/h7-10,12,15-16H,5-6,11H2,1-4H3. The summed E-state index contributed by atoms with van der Waals surface area (Å²) < 4.78 is 0. The minimum Gasteiger partial charge on any atom is -0.310 e. The number of aryl methyl sites for hydroxylation is 1. The van der Waals surface area contributed by atoms with Gasteiger partial charge >= 0.3 is 0 Å². The second kappa shape index (κ2) is 6.70. The summed E-state index contributed by atoms with van der Waals surface area (Å²) in [6.45, 7) is 10.0. The molecule has 1 nitrogen and oxygen atoms in total. The van der Waals surface area contributed by atoms with Crippen LogP contribution in [0.4, 0.5) is 0 Å². The smallest absolute Gasteiger partial charge is 0.0325 e. The zero-order valence-corrected chi connectivity index (χ0v) is 11.1. The largest absolute Gasteiger partial charge is 0.310 e. The first-order valence-electron chi connectivity index (χ1n) is 6.47. The number of hydrogen-bond acceptors (Lipinski definition) is 1. The molecule has 0 aromatic heterocycles. The van der Waals surface area contributed by atoms with Crippen molar-refractivity contribution < 1.29 is 0 Å². The van der Waals surface area contributed by atoms with Crippen LogP contribution in [0.1, 0.15) is 50.8 Å². The molecule has 2 unspecified atom stereocenters. The van der Waals surface area contributed by atoms with Gasteiger partial charge in [-0.25, -0.2) is 0 Å². The van der Waals surface area contributed by atoms with Crippen molar-refractivity contribution >= 4 is 0 Å². The molecule has 1 N–H and O–H groups in total. The molecule has 16 heavy (non-hydrogen) atoms. The molecular formula is C15H25N. The van der Waals surface area contributed by atoms with E-state index in [4.69, 9.17) is 0 Å². The van der Waals surface area contributed by atoms with E-state index in [1.54, 1.807) is 0 Å². The second-order valence-corrected chi connectivity index (χ2v) is 4.72. The molecule has 0 radical (unpaired) electrons. The zero-order chi connectivity index (χ0) is 12.0. The SMILES string of the molecule is CCNC(CC(C)CC)c1ccccc1C. The number of nitrogens with one attached hydrogen (secondary N) is 1. The van der Waals surface area contributed by atoms with Crippen LogP contribution in [-0.2, 0) is 0 Å². The topological polar surface area (TPSA) is 12.0 Å². The fourth-order valence-corrected chi connectivity index (χ4v) is 2.11. The van der Waals surface area contributed by atoms with E-state index in [2.05, 4.69) is 57.3 Å². The Hall–Kier alpha value is -0.820. The minimum absolute atomic E-state index is 0.515. The maximum Gasteiger partial charge on any atom is 0.0325 e. The van der Waals surface area contributed by atoms with E-state index in [1.807, 2.05) is 0 Å². The molecule has 1 aromatic rings. The van der Waals surface area contributed by atoms with Gasteiger partial charge in [0.25, 0.3) is 0 Å². The van der Waals surface area contributed by atoms with Crippen LogP contribution in [0.15, 0.2) is 24.3 Å². The van der Waals surface area contributed by atoms with Crippen LogP contribution in [0.3, 0.4) is 0 Å². The Morgan fingerprint density at radius 2 is 1.88 bits per heavy atom. The van der Waals surface area contributed by atoms with Crippen LogP contribution in [0.5, 0.6) is 0 Å². The average Bonchev–Trinajstić information content (AvgIpc) is 2.29. The molecule has 1 rings (SSSR count). The summed E-state index contributed by atoms with van der Waals surface area (Å²) in [6.07, 6.45) is 2.49.